The molecule has 1 aromatic heterocycles. The summed E-state index contributed by atoms with van der Waals surface area (Å²) in [6, 6.07) is 11.7. The summed E-state index contributed by atoms with van der Waals surface area (Å²) in [6.45, 7) is 0. The van der Waals surface area contributed by atoms with E-state index in [-0.39, 0.29) is 0 Å². The monoisotopic (exact) mass is 200 g/mol. The minimum Gasteiger partial charge on any atom is -0.364 e. The fraction of sp³-hybridized carbons (Fsp3) is 0.0833. The Balaban J connectivity index is 2.48. The van der Waals surface area contributed by atoms with Gasteiger partial charge < -0.3 is 10.3 Å². The molecule has 0 saturated heterocycles. The van der Waals surface area contributed by atoms with E-state index in [9.17, 15) is 4.79 Å². The normalized spacial score (nSPS) is 10.2. The van der Waals surface area contributed by atoms with Crippen LogP contribution in [0.3, 0.4) is 0 Å². The lowest BCUT2D eigenvalue weighted by molar-refractivity contribution is 0.0992. The first kappa shape index (κ1) is 9.52. The Bertz CT molecular complexity index is 486. The minimum absolute atomic E-state index is 0.403. The van der Waals surface area contributed by atoms with Crippen molar-refractivity contribution in [3.05, 3.63) is 48.3 Å². The number of aromatic nitrogens is 1. The summed E-state index contributed by atoms with van der Waals surface area (Å²) < 4.78 is 1.74. The molecule has 3 heteroatoms. The summed E-state index contributed by atoms with van der Waals surface area (Å²) in [5.41, 5.74) is 7.86. The molecule has 15 heavy (non-hydrogen) atoms. The molecule has 1 aromatic carbocycles. The van der Waals surface area contributed by atoms with Crippen LogP contribution in [0, 0.1) is 0 Å². The molecule has 0 radical (unpaired) electrons. The lowest BCUT2D eigenvalue weighted by atomic mass is 10.1. The zero-order chi connectivity index (χ0) is 10.8. The van der Waals surface area contributed by atoms with Gasteiger partial charge in [-0.1, -0.05) is 30.3 Å². The summed E-state index contributed by atoms with van der Waals surface area (Å²) in [6.07, 6.45) is 1.90. The standard InChI is InChI=1S/C12H12N2O/c1-14-8-10(7-11(14)12(13)15)9-5-3-2-4-6-9/h2-8H,1H3,(H2,13,15). The average Bonchev–Trinajstić information content (AvgIpc) is 2.62. The van der Waals surface area contributed by atoms with E-state index in [0.717, 1.165) is 11.1 Å². The van der Waals surface area contributed by atoms with Crippen LogP contribution in [-0.4, -0.2) is 10.5 Å². The van der Waals surface area contributed by atoms with Crippen molar-refractivity contribution >= 4 is 5.91 Å². The molecule has 0 aliphatic rings. The molecule has 2 aromatic rings. The second kappa shape index (κ2) is 3.61. The number of amides is 1. The molecule has 2 rings (SSSR count). The second-order valence-corrected chi connectivity index (χ2v) is 3.46. The number of hydrogen-bond acceptors (Lipinski definition) is 1. The maximum Gasteiger partial charge on any atom is 0.265 e. The molecule has 0 unspecified atom stereocenters. The topological polar surface area (TPSA) is 48.0 Å². The van der Waals surface area contributed by atoms with Crippen molar-refractivity contribution in [2.75, 3.05) is 0 Å². The Morgan fingerprint density at radius 3 is 2.40 bits per heavy atom. The summed E-state index contributed by atoms with van der Waals surface area (Å²) in [4.78, 5) is 11.1. The molecule has 0 spiro atoms. The van der Waals surface area contributed by atoms with Crippen molar-refractivity contribution < 1.29 is 4.79 Å². The number of rotatable bonds is 2. The minimum atomic E-state index is -0.403. The Morgan fingerprint density at radius 2 is 1.87 bits per heavy atom. The quantitative estimate of drug-likeness (QED) is 0.789. The van der Waals surface area contributed by atoms with Crippen molar-refractivity contribution in [2.24, 2.45) is 12.8 Å². The summed E-state index contributed by atoms with van der Waals surface area (Å²) in [7, 11) is 1.81. The van der Waals surface area contributed by atoms with Crippen LogP contribution in [0.2, 0.25) is 0 Å². The van der Waals surface area contributed by atoms with Gasteiger partial charge in [0, 0.05) is 18.8 Å². The zero-order valence-electron chi connectivity index (χ0n) is 8.47. The van der Waals surface area contributed by atoms with Crippen molar-refractivity contribution in [3.8, 4) is 11.1 Å². The van der Waals surface area contributed by atoms with E-state index in [4.69, 9.17) is 5.73 Å². The smallest absolute Gasteiger partial charge is 0.265 e. The van der Waals surface area contributed by atoms with Gasteiger partial charge >= 0.3 is 0 Å². The molecule has 2 N–H and O–H groups in total. The fourth-order valence-electron chi connectivity index (χ4n) is 1.60. The lowest BCUT2D eigenvalue weighted by Gasteiger charge is -1.94. The number of nitrogens with two attached hydrogens (primary N) is 1. The number of primary amides is 1. The van der Waals surface area contributed by atoms with Gasteiger partial charge in [-0.3, -0.25) is 4.79 Å². The van der Waals surface area contributed by atoms with E-state index in [1.165, 1.54) is 0 Å². The van der Waals surface area contributed by atoms with Crippen LogP contribution in [-0.2, 0) is 7.05 Å². The molecule has 3 nitrogen and oxygen atoms in total. The van der Waals surface area contributed by atoms with Crippen molar-refractivity contribution in [2.45, 2.75) is 0 Å². The number of hydrogen-bond donors (Lipinski definition) is 1. The number of carbonyl (C=O) groups is 1. The Hall–Kier alpha value is -2.03. The van der Waals surface area contributed by atoms with Gasteiger partial charge in [0.15, 0.2) is 0 Å². The van der Waals surface area contributed by atoms with Crippen molar-refractivity contribution in [3.63, 3.8) is 0 Å². The van der Waals surface area contributed by atoms with Gasteiger partial charge in [-0.15, -0.1) is 0 Å². The Kier molecular flexibility index (Phi) is 2.29. The van der Waals surface area contributed by atoms with Gasteiger partial charge in [0.25, 0.3) is 5.91 Å². The molecule has 0 aliphatic carbocycles. The molecule has 76 valence electrons. The van der Waals surface area contributed by atoms with E-state index in [2.05, 4.69) is 0 Å². The molecule has 0 atom stereocenters. The maximum atomic E-state index is 11.1. The molecule has 1 heterocycles. The average molecular weight is 200 g/mol. The van der Waals surface area contributed by atoms with Crippen LogP contribution < -0.4 is 5.73 Å². The largest absolute Gasteiger partial charge is 0.364 e. The molecule has 1 amide bonds. The predicted octanol–water partition coefficient (Wildman–Crippen LogP) is 1.79. The Morgan fingerprint density at radius 1 is 1.20 bits per heavy atom. The van der Waals surface area contributed by atoms with Gasteiger partial charge in [-0.2, -0.15) is 0 Å². The van der Waals surface area contributed by atoms with Gasteiger partial charge in [-0.05, 0) is 11.6 Å². The number of benzene rings is 1. The first-order valence-electron chi connectivity index (χ1n) is 4.70. The summed E-state index contributed by atoms with van der Waals surface area (Å²) in [5.74, 6) is -0.403. The van der Waals surface area contributed by atoms with Crippen LogP contribution in [0.4, 0.5) is 0 Å². The highest BCUT2D eigenvalue weighted by Crippen LogP contribution is 2.20. The van der Waals surface area contributed by atoms with E-state index >= 15 is 0 Å². The van der Waals surface area contributed by atoms with Gasteiger partial charge in [0.05, 0.1) is 0 Å². The van der Waals surface area contributed by atoms with E-state index in [1.54, 1.807) is 10.6 Å². The molecule has 0 aliphatic heterocycles. The highest BCUT2D eigenvalue weighted by molar-refractivity contribution is 5.93. The van der Waals surface area contributed by atoms with Crippen LogP contribution in [0.1, 0.15) is 10.5 Å². The third-order valence-corrected chi connectivity index (χ3v) is 2.36. The maximum absolute atomic E-state index is 11.1. The molecule has 0 bridgehead atoms. The molecular weight excluding hydrogens is 188 g/mol. The van der Waals surface area contributed by atoms with E-state index in [1.807, 2.05) is 43.6 Å². The molecule has 0 fully saturated rings. The van der Waals surface area contributed by atoms with Crippen LogP contribution >= 0.6 is 0 Å². The van der Waals surface area contributed by atoms with E-state index < -0.39 is 5.91 Å². The third kappa shape index (κ3) is 1.76. The van der Waals surface area contributed by atoms with Gasteiger partial charge in [0.2, 0.25) is 0 Å². The van der Waals surface area contributed by atoms with E-state index in [0.29, 0.717) is 5.69 Å². The first-order chi connectivity index (χ1) is 7.18. The zero-order valence-corrected chi connectivity index (χ0v) is 8.47. The number of carbonyl (C=O) groups excluding carboxylic acids is 1. The number of nitrogens with zero attached hydrogens (tertiary/aromatic N) is 1. The summed E-state index contributed by atoms with van der Waals surface area (Å²) in [5, 5.41) is 0. The van der Waals surface area contributed by atoms with Crippen molar-refractivity contribution in [1.82, 2.24) is 4.57 Å². The Labute approximate surface area is 88.1 Å². The fourth-order valence-corrected chi connectivity index (χ4v) is 1.60. The predicted molar refractivity (Wildman–Crippen MR) is 59.4 cm³/mol. The van der Waals surface area contributed by atoms with Crippen LogP contribution in [0.25, 0.3) is 11.1 Å². The highest BCUT2D eigenvalue weighted by atomic mass is 16.1. The third-order valence-electron chi connectivity index (χ3n) is 2.36. The van der Waals surface area contributed by atoms with Crippen molar-refractivity contribution in [1.29, 1.82) is 0 Å². The molecule has 0 saturated carbocycles. The summed E-state index contributed by atoms with van der Waals surface area (Å²) >= 11 is 0. The first-order valence-corrected chi connectivity index (χ1v) is 4.70. The van der Waals surface area contributed by atoms with Crippen LogP contribution in [0.5, 0.6) is 0 Å². The molecular formula is C12H12N2O. The highest BCUT2D eigenvalue weighted by Gasteiger charge is 2.08. The second-order valence-electron chi connectivity index (χ2n) is 3.46. The van der Waals surface area contributed by atoms with Crippen LogP contribution in [0.15, 0.2) is 42.6 Å². The lowest BCUT2D eigenvalue weighted by Crippen LogP contribution is -2.14. The van der Waals surface area contributed by atoms with Gasteiger partial charge in [-0.25, -0.2) is 0 Å². The van der Waals surface area contributed by atoms with Gasteiger partial charge in [0.1, 0.15) is 5.69 Å². The number of aryl methyl sites for hydroxylation is 1. The SMILES string of the molecule is Cn1cc(-c2ccccc2)cc1C(N)=O.